The number of carbonyl (C=O) groups is 3. The van der Waals surface area contributed by atoms with Crippen LogP contribution in [0.2, 0.25) is 0 Å². The normalized spacial score (nSPS) is 12.6. The Hall–Kier alpha value is -3.15. The van der Waals surface area contributed by atoms with Gasteiger partial charge in [0.2, 0.25) is 0 Å². The molecule has 0 aromatic carbocycles. The van der Waals surface area contributed by atoms with Crippen molar-refractivity contribution in [3.05, 3.63) is 72.9 Å². The summed E-state index contributed by atoms with van der Waals surface area (Å²) >= 11 is 0. The fourth-order valence-electron chi connectivity index (χ4n) is 8.25. The highest BCUT2D eigenvalue weighted by atomic mass is 16.6. The molecule has 0 fully saturated rings. The molecule has 0 saturated carbocycles. The maximum atomic E-state index is 12.9. The molecule has 398 valence electrons. The van der Waals surface area contributed by atoms with Gasteiger partial charge >= 0.3 is 17.9 Å². The maximum absolute atomic E-state index is 12.9. The highest BCUT2D eigenvalue weighted by molar-refractivity contribution is 5.71. The summed E-state index contributed by atoms with van der Waals surface area (Å²) in [7, 11) is 0. The van der Waals surface area contributed by atoms with Crippen molar-refractivity contribution in [3.63, 3.8) is 0 Å². The van der Waals surface area contributed by atoms with Crippen LogP contribution in [-0.2, 0) is 28.6 Å². The van der Waals surface area contributed by atoms with Gasteiger partial charge in [-0.25, -0.2) is 0 Å². The van der Waals surface area contributed by atoms with Crippen LogP contribution in [0.25, 0.3) is 0 Å². The summed E-state index contributed by atoms with van der Waals surface area (Å²) in [5, 5.41) is 0. The number of esters is 3. The molecule has 0 saturated heterocycles. The van der Waals surface area contributed by atoms with Gasteiger partial charge in [0, 0.05) is 19.3 Å². The highest BCUT2D eigenvalue weighted by Gasteiger charge is 2.19. The van der Waals surface area contributed by atoms with Gasteiger partial charge in [0.05, 0.1) is 0 Å². The van der Waals surface area contributed by atoms with E-state index in [0.29, 0.717) is 19.3 Å². The molecular weight excluding hydrogens is 853 g/mol. The molecule has 0 radical (unpaired) electrons. The Kier molecular flexibility index (Phi) is 54.8. The number of rotatable bonds is 53. The first kappa shape index (κ1) is 65.8. The fraction of sp³-hybridized carbons (Fsp3) is 0.762. The summed E-state index contributed by atoms with van der Waals surface area (Å²) in [5.74, 6) is -0.929. The van der Waals surface area contributed by atoms with E-state index in [2.05, 4.69) is 93.7 Å². The van der Waals surface area contributed by atoms with E-state index in [1.54, 1.807) is 0 Å². The minimum absolute atomic E-state index is 0.0901. The molecule has 0 aromatic heterocycles. The first-order valence-electron chi connectivity index (χ1n) is 29.4. The zero-order chi connectivity index (χ0) is 50.0. The summed E-state index contributed by atoms with van der Waals surface area (Å²) in [5.41, 5.74) is 0. The molecule has 0 amide bonds. The molecule has 0 aliphatic carbocycles. The Morgan fingerprint density at radius 1 is 0.304 bits per heavy atom. The van der Waals surface area contributed by atoms with Crippen molar-refractivity contribution in [1.82, 2.24) is 0 Å². The molecule has 69 heavy (non-hydrogen) atoms. The van der Waals surface area contributed by atoms with Crippen LogP contribution < -0.4 is 0 Å². The lowest BCUT2D eigenvalue weighted by molar-refractivity contribution is -0.167. The third kappa shape index (κ3) is 55.6. The van der Waals surface area contributed by atoms with Crippen molar-refractivity contribution in [2.24, 2.45) is 0 Å². The minimum atomic E-state index is -0.794. The predicted molar refractivity (Wildman–Crippen MR) is 298 cm³/mol. The number of hydrogen-bond acceptors (Lipinski definition) is 6. The van der Waals surface area contributed by atoms with Gasteiger partial charge in [0.15, 0.2) is 6.10 Å². The highest BCUT2D eigenvalue weighted by Crippen LogP contribution is 2.16. The Morgan fingerprint density at radius 3 is 0.942 bits per heavy atom. The molecule has 0 aromatic rings. The number of carbonyl (C=O) groups excluding carboxylic acids is 3. The molecule has 0 unspecified atom stereocenters. The second-order valence-corrected chi connectivity index (χ2v) is 19.5. The zero-order valence-electron chi connectivity index (χ0n) is 45.6. The van der Waals surface area contributed by atoms with Gasteiger partial charge < -0.3 is 14.2 Å². The van der Waals surface area contributed by atoms with Crippen molar-refractivity contribution < 1.29 is 28.6 Å². The van der Waals surface area contributed by atoms with Crippen LogP contribution in [0.5, 0.6) is 0 Å². The molecule has 0 aliphatic heterocycles. The smallest absolute Gasteiger partial charge is 0.306 e. The number of unbranched alkanes of at least 4 members (excludes halogenated alkanes) is 30. The SMILES string of the molecule is CC/C=C\C/C=C\C/C=C\C/C=C\CCCCC(=O)OC[C@H](COC(=O)CCCCCCCCC/C=C\CCCCCC)OC(=O)CCCCCCCCCCCCC/C=C\CCCCCCCC. The van der Waals surface area contributed by atoms with Gasteiger partial charge in [0.1, 0.15) is 13.2 Å². The first-order valence-corrected chi connectivity index (χ1v) is 29.4. The number of hydrogen-bond donors (Lipinski definition) is 0. The van der Waals surface area contributed by atoms with E-state index in [1.165, 1.54) is 167 Å². The largest absolute Gasteiger partial charge is 0.462 e. The molecule has 6 nitrogen and oxygen atoms in total. The average Bonchev–Trinajstić information content (AvgIpc) is 3.35. The average molecular weight is 964 g/mol. The third-order valence-corrected chi connectivity index (χ3v) is 12.7. The van der Waals surface area contributed by atoms with Crippen molar-refractivity contribution >= 4 is 17.9 Å². The summed E-state index contributed by atoms with van der Waals surface area (Å²) in [6.45, 7) is 6.49. The quantitative estimate of drug-likeness (QED) is 0.0262. The lowest BCUT2D eigenvalue weighted by Crippen LogP contribution is -2.30. The van der Waals surface area contributed by atoms with E-state index in [9.17, 15) is 14.4 Å². The zero-order valence-corrected chi connectivity index (χ0v) is 45.6. The van der Waals surface area contributed by atoms with Gasteiger partial charge in [-0.15, -0.1) is 0 Å². The lowest BCUT2D eigenvalue weighted by atomic mass is 10.0. The summed E-state index contributed by atoms with van der Waals surface area (Å²) in [4.78, 5) is 38.2. The van der Waals surface area contributed by atoms with E-state index >= 15 is 0 Å². The first-order chi connectivity index (χ1) is 34.0. The lowest BCUT2D eigenvalue weighted by Gasteiger charge is -2.18. The second kappa shape index (κ2) is 57.4. The molecule has 0 bridgehead atoms. The van der Waals surface area contributed by atoms with Crippen LogP contribution in [0.15, 0.2) is 72.9 Å². The van der Waals surface area contributed by atoms with Crippen molar-refractivity contribution in [2.75, 3.05) is 13.2 Å². The Labute approximate surface area is 427 Å². The van der Waals surface area contributed by atoms with E-state index in [-0.39, 0.29) is 31.1 Å². The van der Waals surface area contributed by atoms with Crippen LogP contribution in [0.3, 0.4) is 0 Å². The topological polar surface area (TPSA) is 78.9 Å². The van der Waals surface area contributed by atoms with E-state index in [1.807, 2.05) is 0 Å². The van der Waals surface area contributed by atoms with Crippen LogP contribution in [0.4, 0.5) is 0 Å². The van der Waals surface area contributed by atoms with Crippen LogP contribution >= 0.6 is 0 Å². The summed E-state index contributed by atoms with van der Waals surface area (Å²) < 4.78 is 16.8. The van der Waals surface area contributed by atoms with Crippen LogP contribution in [0, 0.1) is 0 Å². The number of ether oxygens (including phenoxy) is 3. The van der Waals surface area contributed by atoms with E-state index < -0.39 is 6.10 Å². The van der Waals surface area contributed by atoms with Crippen molar-refractivity contribution in [1.29, 1.82) is 0 Å². The number of allylic oxidation sites excluding steroid dienone is 12. The molecule has 6 heteroatoms. The molecular formula is C63H110O6. The van der Waals surface area contributed by atoms with E-state index in [4.69, 9.17) is 14.2 Å². The molecule has 0 spiro atoms. The molecule has 0 N–H and O–H groups in total. The Bertz CT molecular complexity index is 1290. The standard InChI is InChI=1S/C63H110O6/c1-4-7-10-13-16-19-22-25-28-29-30-31-32-33-36-39-42-45-48-51-54-57-63(66)69-60(58-67-61(64)55-52-49-46-43-40-37-34-26-23-20-17-14-11-8-5-2)59-68-62(65)56-53-50-47-44-41-38-35-27-24-21-18-15-12-9-6-3/h8,11,17,20-21,24-26,28,34,40,43,60H,4-7,9-10,12-16,18-19,22-23,27,29-33,35-39,41-42,44-59H2,1-3H3/b11-8-,20-17-,24-21-,28-25-,34-26-,43-40-/t60-/m1/s1. The summed E-state index contributed by atoms with van der Waals surface area (Å²) in [6.07, 6.45) is 73.3. The second-order valence-electron chi connectivity index (χ2n) is 19.5. The van der Waals surface area contributed by atoms with Gasteiger partial charge in [-0.2, -0.15) is 0 Å². The Balaban J connectivity index is 4.40. The third-order valence-electron chi connectivity index (χ3n) is 12.7. The Morgan fingerprint density at radius 2 is 0.565 bits per heavy atom. The van der Waals surface area contributed by atoms with Crippen LogP contribution in [0.1, 0.15) is 290 Å². The maximum Gasteiger partial charge on any atom is 0.306 e. The van der Waals surface area contributed by atoms with Crippen molar-refractivity contribution in [2.45, 2.75) is 297 Å². The molecule has 0 rings (SSSR count). The van der Waals surface area contributed by atoms with Gasteiger partial charge in [-0.05, 0) is 109 Å². The van der Waals surface area contributed by atoms with Crippen molar-refractivity contribution in [3.8, 4) is 0 Å². The van der Waals surface area contributed by atoms with E-state index in [0.717, 1.165) is 83.5 Å². The van der Waals surface area contributed by atoms with Crippen LogP contribution in [-0.4, -0.2) is 37.2 Å². The fourth-order valence-corrected chi connectivity index (χ4v) is 8.25. The molecule has 0 aliphatic rings. The molecule has 1 atom stereocenters. The molecule has 0 heterocycles. The van der Waals surface area contributed by atoms with Gasteiger partial charge in [0.25, 0.3) is 0 Å². The summed E-state index contributed by atoms with van der Waals surface area (Å²) in [6, 6.07) is 0. The van der Waals surface area contributed by atoms with Gasteiger partial charge in [-0.3, -0.25) is 14.4 Å². The van der Waals surface area contributed by atoms with Gasteiger partial charge in [-0.1, -0.05) is 235 Å². The minimum Gasteiger partial charge on any atom is -0.462 e. The predicted octanol–water partition coefficient (Wildman–Crippen LogP) is 19.8. The monoisotopic (exact) mass is 963 g/mol.